The molecule has 1 aliphatic rings. The molecule has 2 amide bonds. The van der Waals surface area contributed by atoms with Gasteiger partial charge in [-0.2, -0.15) is 0 Å². The summed E-state index contributed by atoms with van der Waals surface area (Å²) in [5.41, 5.74) is 2.45. The average molecular weight is 353 g/mol. The van der Waals surface area contributed by atoms with Crippen LogP contribution in [0.2, 0.25) is 0 Å². The number of nitrogens with zero attached hydrogens (tertiary/aromatic N) is 2. The summed E-state index contributed by atoms with van der Waals surface area (Å²) in [5.74, 6) is -0.136. The van der Waals surface area contributed by atoms with Crippen molar-refractivity contribution in [1.82, 2.24) is 10.2 Å². The lowest BCUT2D eigenvalue weighted by atomic mass is 10.1. The molecule has 2 aromatic carbocycles. The smallest absolute Gasteiger partial charge is 0.414 e. The first-order valence-electron chi connectivity index (χ1n) is 8.60. The van der Waals surface area contributed by atoms with E-state index in [4.69, 9.17) is 4.74 Å². The molecule has 6 heteroatoms. The molecule has 6 nitrogen and oxygen atoms in total. The Morgan fingerprint density at radius 2 is 1.85 bits per heavy atom. The quantitative estimate of drug-likeness (QED) is 0.867. The van der Waals surface area contributed by atoms with Crippen molar-refractivity contribution < 1.29 is 14.3 Å². The molecule has 0 aromatic heterocycles. The van der Waals surface area contributed by atoms with Crippen LogP contribution in [0.3, 0.4) is 0 Å². The number of likely N-dealkylation sites (N-methyl/N-ethyl adjacent to an activating group) is 1. The topological polar surface area (TPSA) is 61.9 Å². The van der Waals surface area contributed by atoms with Crippen molar-refractivity contribution in [2.45, 2.75) is 6.04 Å². The molecule has 1 N–H and O–H groups in total. The first-order chi connectivity index (χ1) is 12.6. The van der Waals surface area contributed by atoms with Crippen LogP contribution in [-0.4, -0.2) is 50.7 Å². The normalized spacial score (nSPS) is 15.0. The van der Waals surface area contributed by atoms with Crippen molar-refractivity contribution >= 4 is 17.7 Å². The second-order valence-electron chi connectivity index (χ2n) is 6.41. The van der Waals surface area contributed by atoms with E-state index in [9.17, 15) is 9.59 Å². The monoisotopic (exact) mass is 353 g/mol. The molecule has 1 aliphatic heterocycles. The number of anilines is 1. The van der Waals surface area contributed by atoms with Crippen molar-refractivity contribution in [1.29, 1.82) is 0 Å². The van der Waals surface area contributed by atoms with E-state index in [0.29, 0.717) is 25.3 Å². The van der Waals surface area contributed by atoms with Crippen molar-refractivity contribution in [3.8, 4) is 0 Å². The van der Waals surface area contributed by atoms with Gasteiger partial charge in [-0.1, -0.05) is 30.3 Å². The third kappa shape index (κ3) is 4.03. The van der Waals surface area contributed by atoms with Crippen molar-refractivity contribution in [3.05, 3.63) is 65.7 Å². The molecule has 0 spiro atoms. The van der Waals surface area contributed by atoms with Crippen LogP contribution in [0, 0.1) is 0 Å². The molecule has 3 rings (SSSR count). The van der Waals surface area contributed by atoms with E-state index in [1.165, 1.54) is 0 Å². The van der Waals surface area contributed by atoms with Gasteiger partial charge in [0, 0.05) is 17.8 Å². The largest absolute Gasteiger partial charge is 0.447 e. The Balaban J connectivity index is 1.63. The van der Waals surface area contributed by atoms with Gasteiger partial charge in [-0.15, -0.1) is 0 Å². The van der Waals surface area contributed by atoms with Crippen LogP contribution in [0.1, 0.15) is 22.0 Å². The molecular formula is C20H23N3O3. The minimum absolute atomic E-state index is 0.0961. The van der Waals surface area contributed by atoms with Crippen LogP contribution in [0.4, 0.5) is 10.5 Å². The first-order valence-corrected chi connectivity index (χ1v) is 8.60. The van der Waals surface area contributed by atoms with E-state index in [1.807, 2.05) is 32.3 Å². The Morgan fingerprint density at radius 1 is 1.15 bits per heavy atom. The van der Waals surface area contributed by atoms with Crippen LogP contribution in [-0.2, 0) is 4.74 Å². The highest BCUT2D eigenvalue weighted by atomic mass is 16.6. The number of carbonyl (C=O) groups is 2. The van der Waals surface area contributed by atoms with E-state index in [0.717, 1.165) is 11.3 Å². The van der Waals surface area contributed by atoms with Crippen LogP contribution >= 0.6 is 0 Å². The van der Waals surface area contributed by atoms with Gasteiger partial charge in [0.2, 0.25) is 0 Å². The van der Waals surface area contributed by atoms with Gasteiger partial charge in [0.05, 0.1) is 12.6 Å². The lowest BCUT2D eigenvalue weighted by Crippen LogP contribution is -2.34. The molecule has 0 radical (unpaired) electrons. The summed E-state index contributed by atoms with van der Waals surface area (Å²) in [6, 6.07) is 17.2. The Kier molecular flexibility index (Phi) is 5.53. The molecule has 1 heterocycles. The second kappa shape index (κ2) is 8.01. The lowest BCUT2D eigenvalue weighted by molar-refractivity contribution is 0.0942. The maximum Gasteiger partial charge on any atom is 0.414 e. The van der Waals surface area contributed by atoms with Gasteiger partial charge < -0.3 is 15.0 Å². The number of carbonyl (C=O) groups excluding carboxylic acids is 2. The number of benzene rings is 2. The third-order valence-electron chi connectivity index (χ3n) is 4.47. The van der Waals surface area contributed by atoms with Gasteiger partial charge in [-0.25, -0.2) is 4.79 Å². The fraction of sp³-hybridized carbons (Fsp3) is 0.300. The minimum atomic E-state index is -0.348. The van der Waals surface area contributed by atoms with Crippen LogP contribution in [0.15, 0.2) is 54.6 Å². The molecule has 1 saturated heterocycles. The molecule has 136 valence electrons. The molecule has 1 atom stereocenters. The summed E-state index contributed by atoms with van der Waals surface area (Å²) in [7, 11) is 3.99. The number of amides is 2. The highest BCUT2D eigenvalue weighted by Crippen LogP contribution is 2.20. The van der Waals surface area contributed by atoms with E-state index < -0.39 is 0 Å². The minimum Gasteiger partial charge on any atom is -0.447 e. The SMILES string of the molecule is CN(C)C(CNC(=O)c1ccc(N2CCOC2=O)cc1)c1ccccc1. The molecule has 0 aliphatic carbocycles. The van der Waals surface area contributed by atoms with Crippen LogP contribution < -0.4 is 10.2 Å². The summed E-state index contributed by atoms with van der Waals surface area (Å²) in [6.07, 6.45) is -0.348. The fourth-order valence-electron chi connectivity index (χ4n) is 2.99. The summed E-state index contributed by atoms with van der Waals surface area (Å²) >= 11 is 0. The zero-order chi connectivity index (χ0) is 18.5. The van der Waals surface area contributed by atoms with Gasteiger partial charge in [-0.3, -0.25) is 9.69 Å². The molecule has 0 bridgehead atoms. The molecule has 1 fully saturated rings. The Hall–Kier alpha value is -2.86. The zero-order valence-corrected chi connectivity index (χ0v) is 15.0. The number of cyclic esters (lactones) is 1. The standard InChI is InChI=1S/C20H23N3O3/c1-22(2)18(15-6-4-3-5-7-15)14-21-19(24)16-8-10-17(11-9-16)23-12-13-26-20(23)25/h3-11,18H,12-14H2,1-2H3,(H,21,24). The number of hydrogen-bond acceptors (Lipinski definition) is 4. The Labute approximate surface area is 153 Å². The summed E-state index contributed by atoms with van der Waals surface area (Å²) in [4.78, 5) is 27.7. The van der Waals surface area contributed by atoms with Gasteiger partial charge in [0.25, 0.3) is 5.91 Å². The molecule has 1 unspecified atom stereocenters. The number of nitrogens with one attached hydrogen (secondary N) is 1. The molecule has 0 saturated carbocycles. The summed E-state index contributed by atoms with van der Waals surface area (Å²) in [6.45, 7) is 1.44. The second-order valence-corrected chi connectivity index (χ2v) is 6.41. The number of ether oxygens (including phenoxy) is 1. The maximum absolute atomic E-state index is 12.5. The number of rotatable bonds is 6. The van der Waals surface area contributed by atoms with Crippen molar-refractivity contribution in [2.24, 2.45) is 0 Å². The van der Waals surface area contributed by atoms with Gasteiger partial charge >= 0.3 is 6.09 Å². The Bertz CT molecular complexity index is 760. The van der Waals surface area contributed by atoms with Crippen LogP contribution in [0.25, 0.3) is 0 Å². The van der Waals surface area contributed by atoms with Gasteiger partial charge in [0.1, 0.15) is 6.61 Å². The predicted octanol–water partition coefficient (Wildman–Crippen LogP) is 2.68. The van der Waals surface area contributed by atoms with Crippen LogP contribution in [0.5, 0.6) is 0 Å². The van der Waals surface area contributed by atoms with E-state index in [2.05, 4.69) is 22.3 Å². The zero-order valence-electron chi connectivity index (χ0n) is 15.0. The molecular weight excluding hydrogens is 330 g/mol. The molecule has 2 aromatic rings. The van der Waals surface area contributed by atoms with Gasteiger partial charge in [0.15, 0.2) is 0 Å². The van der Waals surface area contributed by atoms with E-state index in [-0.39, 0.29) is 18.0 Å². The highest BCUT2D eigenvalue weighted by Gasteiger charge is 2.23. The summed E-state index contributed by atoms with van der Waals surface area (Å²) in [5, 5.41) is 2.99. The Morgan fingerprint density at radius 3 is 2.42 bits per heavy atom. The van der Waals surface area contributed by atoms with Crippen molar-refractivity contribution in [3.63, 3.8) is 0 Å². The maximum atomic E-state index is 12.5. The third-order valence-corrected chi connectivity index (χ3v) is 4.47. The van der Waals surface area contributed by atoms with E-state index in [1.54, 1.807) is 29.2 Å². The summed E-state index contributed by atoms with van der Waals surface area (Å²) < 4.78 is 4.93. The fourth-order valence-corrected chi connectivity index (χ4v) is 2.99. The average Bonchev–Trinajstić information content (AvgIpc) is 3.08. The van der Waals surface area contributed by atoms with Gasteiger partial charge in [-0.05, 0) is 43.9 Å². The molecule has 26 heavy (non-hydrogen) atoms. The highest BCUT2D eigenvalue weighted by molar-refractivity contribution is 5.95. The number of hydrogen-bond donors (Lipinski definition) is 1. The first kappa shape index (κ1) is 17.9. The predicted molar refractivity (Wildman–Crippen MR) is 100 cm³/mol. The van der Waals surface area contributed by atoms with E-state index >= 15 is 0 Å². The van der Waals surface area contributed by atoms with Crippen molar-refractivity contribution in [2.75, 3.05) is 38.7 Å². The lowest BCUT2D eigenvalue weighted by Gasteiger charge is -2.25.